The van der Waals surface area contributed by atoms with Gasteiger partial charge >= 0.3 is 0 Å². The van der Waals surface area contributed by atoms with Crippen molar-refractivity contribution in [2.24, 2.45) is 0 Å². The van der Waals surface area contributed by atoms with Crippen LogP contribution in [0.4, 0.5) is 0 Å². The van der Waals surface area contributed by atoms with Crippen LogP contribution < -0.4 is 0 Å². The first-order valence-corrected chi connectivity index (χ1v) is 4.96. The number of aliphatic hydroxyl groups is 1. The zero-order chi connectivity index (χ0) is 11.6. The van der Waals surface area contributed by atoms with Crippen LogP contribution in [0.2, 0.25) is 0 Å². The number of carbonyl (C=O) groups is 1. The van der Waals surface area contributed by atoms with E-state index in [4.69, 9.17) is 4.79 Å². The SMILES string of the molecule is C=O.CN1C(C)(C)CC(O)CC1(C)C. The summed E-state index contributed by atoms with van der Waals surface area (Å²) in [7, 11) is 2.14. The molecule has 1 saturated heterocycles. The lowest BCUT2D eigenvalue weighted by Gasteiger charge is -2.52. The van der Waals surface area contributed by atoms with Crippen LogP contribution in [0, 0.1) is 0 Å². The lowest BCUT2D eigenvalue weighted by atomic mass is 9.79. The van der Waals surface area contributed by atoms with Crippen molar-refractivity contribution in [3.63, 3.8) is 0 Å². The predicted octanol–water partition coefficient (Wildman–Crippen LogP) is 1.45. The lowest BCUT2D eigenvalue weighted by molar-refractivity contribution is -0.0980. The van der Waals surface area contributed by atoms with E-state index in [9.17, 15) is 5.11 Å². The number of hydrogen-bond donors (Lipinski definition) is 1. The van der Waals surface area contributed by atoms with Crippen molar-refractivity contribution in [3.8, 4) is 0 Å². The maximum absolute atomic E-state index is 9.67. The van der Waals surface area contributed by atoms with Gasteiger partial charge in [-0.1, -0.05) is 0 Å². The van der Waals surface area contributed by atoms with Gasteiger partial charge in [0.25, 0.3) is 0 Å². The van der Waals surface area contributed by atoms with E-state index in [2.05, 4.69) is 39.6 Å². The van der Waals surface area contributed by atoms with Gasteiger partial charge in [-0.3, -0.25) is 4.90 Å². The van der Waals surface area contributed by atoms with Gasteiger partial charge in [-0.05, 0) is 47.6 Å². The van der Waals surface area contributed by atoms with Crippen molar-refractivity contribution >= 4 is 6.79 Å². The summed E-state index contributed by atoms with van der Waals surface area (Å²) in [6.07, 6.45) is 1.63. The van der Waals surface area contributed by atoms with E-state index in [0.717, 1.165) is 12.8 Å². The van der Waals surface area contributed by atoms with Crippen LogP contribution >= 0.6 is 0 Å². The summed E-state index contributed by atoms with van der Waals surface area (Å²) in [5.74, 6) is 0. The molecule has 1 N–H and O–H groups in total. The summed E-state index contributed by atoms with van der Waals surface area (Å²) in [5, 5.41) is 9.67. The highest BCUT2D eigenvalue weighted by molar-refractivity contribution is 5.11. The molecule has 0 aromatic carbocycles. The fraction of sp³-hybridized carbons (Fsp3) is 0.909. The Hall–Kier alpha value is -0.410. The van der Waals surface area contributed by atoms with Crippen molar-refractivity contribution in [2.75, 3.05) is 7.05 Å². The van der Waals surface area contributed by atoms with Crippen molar-refractivity contribution in [2.45, 2.75) is 57.7 Å². The molecular formula is C11H23NO2. The second kappa shape index (κ2) is 4.41. The minimum absolute atomic E-state index is 0.126. The van der Waals surface area contributed by atoms with Crippen molar-refractivity contribution < 1.29 is 9.90 Å². The molecule has 14 heavy (non-hydrogen) atoms. The van der Waals surface area contributed by atoms with Gasteiger partial charge in [0.1, 0.15) is 6.79 Å². The van der Waals surface area contributed by atoms with E-state index < -0.39 is 0 Å². The highest BCUT2D eigenvalue weighted by atomic mass is 16.3. The molecule has 0 saturated carbocycles. The zero-order valence-corrected chi connectivity index (χ0v) is 10.0. The largest absolute Gasteiger partial charge is 0.393 e. The molecule has 3 nitrogen and oxygen atoms in total. The predicted molar refractivity (Wildman–Crippen MR) is 58.3 cm³/mol. The van der Waals surface area contributed by atoms with Crippen molar-refractivity contribution in [1.29, 1.82) is 0 Å². The molecule has 1 aliphatic rings. The monoisotopic (exact) mass is 201 g/mol. The molecule has 3 heteroatoms. The molecule has 0 atom stereocenters. The Bertz CT molecular complexity index is 172. The second-order valence-electron chi connectivity index (χ2n) is 5.25. The normalized spacial score (nSPS) is 26.4. The molecule has 1 heterocycles. The first kappa shape index (κ1) is 13.6. The average molecular weight is 201 g/mol. The van der Waals surface area contributed by atoms with E-state index in [1.165, 1.54) is 0 Å². The molecule has 0 unspecified atom stereocenters. The third-order valence-corrected chi connectivity index (χ3v) is 3.29. The molecule has 1 rings (SSSR count). The number of carbonyl (C=O) groups excluding carboxylic acids is 1. The number of piperidine rings is 1. The molecule has 0 radical (unpaired) electrons. The van der Waals surface area contributed by atoms with Gasteiger partial charge in [0.05, 0.1) is 6.10 Å². The van der Waals surface area contributed by atoms with Crippen molar-refractivity contribution in [1.82, 2.24) is 4.90 Å². The number of hydrogen-bond acceptors (Lipinski definition) is 3. The number of aliphatic hydroxyl groups excluding tert-OH is 1. The smallest absolute Gasteiger partial charge is 0.106 e. The fourth-order valence-electron chi connectivity index (χ4n) is 2.32. The molecule has 1 aliphatic heterocycles. The van der Waals surface area contributed by atoms with E-state index in [0.29, 0.717) is 0 Å². The summed E-state index contributed by atoms with van der Waals surface area (Å²) in [5.41, 5.74) is 0.252. The third kappa shape index (κ3) is 2.79. The van der Waals surface area contributed by atoms with Gasteiger partial charge in [-0.15, -0.1) is 0 Å². The summed E-state index contributed by atoms with van der Waals surface area (Å²) in [4.78, 5) is 10.4. The molecular weight excluding hydrogens is 178 g/mol. The molecule has 0 amide bonds. The average Bonchev–Trinajstić information content (AvgIpc) is 2.02. The fourth-order valence-corrected chi connectivity index (χ4v) is 2.32. The van der Waals surface area contributed by atoms with E-state index in [-0.39, 0.29) is 17.2 Å². The molecule has 0 bridgehead atoms. The minimum Gasteiger partial charge on any atom is -0.393 e. The van der Waals surface area contributed by atoms with Crippen LogP contribution in [-0.2, 0) is 4.79 Å². The van der Waals surface area contributed by atoms with Gasteiger partial charge in [0.2, 0.25) is 0 Å². The van der Waals surface area contributed by atoms with Gasteiger partial charge in [-0.2, -0.15) is 0 Å². The molecule has 84 valence electrons. The third-order valence-electron chi connectivity index (χ3n) is 3.29. The quantitative estimate of drug-likeness (QED) is 0.645. The van der Waals surface area contributed by atoms with Crippen LogP contribution in [0.25, 0.3) is 0 Å². The number of likely N-dealkylation sites (tertiary alicyclic amines) is 1. The number of rotatable bonds is 0. The van der Waals surface area contributed by atoms with Crippen LogP contribution in [0.1, 0.15) is 40.5 Å². The molecule has 0 aliphatic carbocycles. The molecule has 0 aromatic heterocycles. The Balaban J connectivity index is 0.000000791. The zero-order valence-electron chi connectivity index (χ0n) is 10.0. The van der Waals surface area contributed by atoms with Crippen LogP contribution in [0.5, 0.6) is 0 Å². The highest BCUT2D eigenvalue weighted by Gasteiger charge is 2.42. The van der Waals surface area contributed by atoms with E-state index >= 15 is 0 Å². The second-order valence-corrected chi connectivity index (χ2v) is 5.25. The minimum atomic E-state index is -0.133. The van der Waals surface area contributed by atoms with Crippen LogP contribution in [0.3, 0.4) is 0 Å². The summed E-state index contributed by atoms with van der Waals surface area (Å²) < 4.78 is 0. The van der Waals surface area contributed by atoms with Gasteiger partial charge < -0.3 is 9.90 Å². The standard InChI is InChI=1S/C10H21NO.CH2O/c1-9(2)6-8(12)7-10(3,4)11(9)5;1-2/h8,12H,6-7H2,1-5H3;1H2. The van der Waals surface area contributed by atoms with Gasteiger partial charge in [0, 0.05) is 11.1 Å². The van der Waals surface area contributed by atoms with E-state index in [1.54, 1.807) is 0 Å². The van der Waals surface area contributed by atoms with Crippen LogP contribution in [0.15, 0.2) is 0 Å². The lowest BCUT2D eigenvalue weighted by Crippen LogP contribution is -2.59. The Labute approximate surface area is 87.1 Å². The maximum Gasteiger partial charge on any atom is 0.106 e. The first-order chi connectivity index (χ1) is 6.26. The topological polar surface area (TPSA) is 40.5 Å². The molecule has 0 aromatic rings. The summed E-state index contributed by atoms with van der Waals surface area (Å²) in [6.45, 7) is 10.8. The number of nitrogens with zero attached hydrogens (tertiary/aromatic N) is 1. The summed E-state index contributed by atoms with van der Waals surface area (Å²) in [6, 6.07) is 0. The molecule has 1 fully saturated rings. The highest BCUT2D eigenvalue weighted by Crippen LogP contribution is 2.36. The Morgan fingerprint density at radius 1 is 1.14 bits per heavy atom. The Morgan fingerprint density at radius 3 is 1.71 bits per heavy atom. The van der Waals surface area contributed by atoms with Gasteiger partial charge in [-0.25, -0.2) is 0 Å². The van der Waals surface area contributed by atoms with E-state index in [1.807, 2.05) is 6.79 Å². The maximum atomic E-state index is 9.67. The molecule has 0 spiro atoms. The van der Waals surface area contributed by atoms with Crippen molar-refractivity contribution in [3.05, 3.63) is 0 Å². The summed E-state index contributed by atoms with van der Waals surface area (Å²) >= 11 is 0. The first-order valence-electron chi connectivity index (χ1n) is 4.96. The Morgan fingerprint density at radius 2 is 1.43 bits per heavy atom. The van der Waals surface area contributed by atoms with Gasteiger partial charge in [0.15, 0.2) is 0 Å². The van der Waals surface area contributed by atoms with Crippen LogP contribution in [-0.4, -0.2) is 41.0 Å². The Kier molecular flexibility index (Phi) is 4.28.